The summed E-state index contributed by atoms with van der Waals surface area (Å²) >= 11 is 0. The van der Waals surface area contributed by atoms with Crippen molar-refractivity contribution in [3.63, 3.8) is 0 Å². The van der Waals surface area contributed by atoms with Gasteiger partial charge in [0.1, 0.15) is 0 Å². The SMILES string of the molecule is CC1CCc2nc3ccccc3c(C(=O)NCC3CCCO3)c2C1. The Balaban J connectivity index is 1.71. The van der Waals surface area contributed by atoms with Crippen molar-refractivity contribution in [1.82, 2.24) is 10.3 Å². The van der Waals surface area contributed by atoms with Crippen molar-refractivity contribution in [3.8, 4) is 0 Å². The quantitative estimate of drug-likeness (QED) is 0.943. The molecule has 1 saturated heterocycles. The van der Waals surface area contributed by atoms with Crippen LogP contribution in [0, 0.1) is 5.92 Å². The fourth-order valence-electron chi connectivity index (χ4n) is 3.92. The van der Waals surface area contributed by atoms with E-state index in [2.05, 4.69) is 12.2 Å². The van der Waals surface area contributed by atoms with Crippen LogP contribution in [0.4, 0.5) is 0 Å². The van der Waals surface area contributed by atoms with Gasteiger partial charge in [-0.15, -0.1) is 0 Å². The first-order chi connectivity index (χ1) is 11.7. The van der Waals surface area contributed by atoms with E-state index in [0.717, 1.165) is 66.4 Å². The largest absolute Gasteiger partial charge is 0.376 e. The topological polar surface area (TPSA) is 51.2 Å². The third-order valence-corrected chi connectivity index (χ3v) is 5.25. The maximum Gasteiger partial charge on any atom is 0.252 e. The Hall–Kier alpha value is -1.94. The molecule has 1 fully saturated rings. The Morgan fingerprint density at radius 1 is 1.33 bits per heavy atom. The summed E-state index contributed by atoms with van der Waals surface area (Å²) in [4.78, 5) is 17.8. The van der Waals surface area contributed by atoms with Crippen molar-refractivity contribution in [1.29, 1.82) is 0 Å². The summed E-state index contributed by atoms with van der Waals surface area (Å²) in [5.74, 6) is 0.625. The number of para-hydroxylation sites is 1. The number of nitrogens with zero attached hydrogens (tertiary/aromatic N) is 1. The molecule has 126 valence electrons. The number of nitrogens with one attached hydrogen (secondary N) is 1. The number of ether oxygens (including phenoxy) is 1. The fourth-order valence-corrected chi connectivity index (χ4v) is 3.92. The van der Waals surface area contributed by atoms with Gasteiger partial charge in [0.05, 0.1) is 17.2 Å². The molecule has 2 unspecified atom stereocenters. The minimum absolute atomic E-state index is 0.0226. The van der Waals surface area contributed by atoms with E-state index in [4.69, 9.17) is 9.72 Å². The number of hydrogen-bond donors (Lipinski definition) is 1. The molecule has 1 amide bonds. The van der Waals surface area contributed by atoms with Crippen LogP contribution >= 0.6 is 0 Å². The van der Waals surface area contributed by atoms with E-state index in [0.29, 0.717) is 12.5 Å². The number of amides is 1. The van der Waals surface area contributed by atoms with Gasteiger partial charge >= 0.3 is 0 Å². The molecule has 2 heterocycles. The number of rotatable bonds is 3. The molecule has 4 heteroatoms. The van der Waals surface area contributed by atoms with Crippen LogP contribution in [0.25, 0.3) is 10.9 Å². The molecule has 0 spiro atoms. The Labute approximate surface area is 142 Å². The van der Waals surface area contributed by atoms with Crippen LogP contribution in [0.2, 0.25) is 0 Å². The maximum absolute atomic E-state index is 13.0. The lowest BCUT2D eigenvalue weighted by Gasteiger charge is -2.24. The molecule has 2 aliphatic rings. The molecule has 1 aliphatic heterocycles. The van der Waals surface area contributed by atoms with Crippen LogP contribution < -0.4 is 5.32 Å². The Kier molecular flexibility index (Phi) is 4.23. The van der Waals surface area contributed by atoms with Crippen molar-refractivity contribution in [2.75, 3.05) is 13.2 Å². The summed E-state index contributed by atoms with van der Waals surface area (Å²) < 4.78 is 5.63. The molecule has 4 rings (SSSR count). The van der Waals surface area contributed by atoms with Crippen molar-refractivity contribution >= 4 is 16.8 Å². The number of fused-ring (bicyclic) bond motifs is 2. The lowest BCUT2D eigenvalue weighted by Crippen LogP contribution is -2.33. The van der Waals surface area contributed by atoms with Gasteiger partial charge in [-0.1, -0.05) is 25.1 Å². The van der Waals surface area contributed by atoms with E-state index in [-0.39, 0.29) is 12.0 Å². The molecule has 0 saturated carbocycles. The minimum Gasteiger partial charge on any atom is -0.376 e. The number of pyridine rings is 1. The average Bonchev–Trinajstić information content (AvgIpc) is 3.11. The zero-order valence-corrected chi connectivity index (χ0v) is 14.2. The molecular formula is C20H24N2O2. The molecular weight excluding hydrogens is 300 g/mol. The van der Waals surface area contributed by atoms with Crippen LogP contribution in [0.15, 0.2) is 24.3 Å². The standard InChI is InChI=1S/C20H24N2O2/c1-13-8-9-18-16(11-13)19(15-6-2-3-7-17(15)22-18)20(23)21-12-14-5-4-10-24-14/h2-3,6-7,13-14H,4-5,8-12H2,1H3,(H,21,23). The number of aryl methyl sites for hydroxylation is 1. The van der Waals surface area contributed by atoms with Crippen LogP contribution in [0.1, 0.15) is 47.8 Å². The van der Waals surface area contributed by atoms with Crippen molar-refractivity contribution in [2.45, 2.75) is 45.1 Å². The van der Waals surface area contributed by atoms with Crippen LogP contribution in [0.3, 0.4) is 0 Å². The predicted molar refractivity (Wildman–Crippen MR) is 94.2 cm³/mol. The Morgan fingerprint density at radius 2 is 2.21 bits per heavy atom. The Morgan fingerprint density at radius 3 is 3.04 bits per heavy atom. The monoisotopic (exact) mass is 324 g/mol. The number of carbonyl (C=O) groups is 1. The van der Waals surface area contributed by atoms with Crippen LogP contribution in [-0.2, 0) is 17.6 Å². The highest BCUT2D eigenvalue weighted by molar-refractivity contribution is 6.07. The van der Waals surface area contributed by atoms with Crippen molar-refractivity contribution in [3.05, 3.63) is 41.1 Å². The first-order valence-electron chi connectivity index (χ1n) is 9.02. The molecule has 1 aromatic carbocycles. The molecule has 0 bridgehead atoms. The van der Waals surface area contributed by atoms with E-state index in [1.54, 1.807) is 0 Å². The van der Waals surface area contributed by atoms with Crippen LogP contribution in [0.5, 0.6) is 0 Å². The second-order valence-corrected chi connectivity index (χ2v) is 7.12. The number of benzene rings is 1. The lowest BCUT2D eigenvalue weighted by molar-refractivity contribution is 0.0858. The first kappa shape index (κ1) is 15.6. The summed E-state index contributed by atoms with van der Waals surface area (Å²) in [6.45, 7) is 3.66. The Bertz CT molecular complexity index is 766. The summed E-state index contributed by atoms with van der Waals surface area (Å²) in [6, 6.07) is 7.99. The normalized spacial score (nSPS) is 23.2. The highest BCUT2D eigenvalue weighted by Gasteiger charge is 2.26. The molecule has 4 nitrogen and oxygen atoms in total. The molecule has 1 N–H and O–H groups in total. The van der Waals surface area contributed by atoms with E-state index < -0.39 is 0 Å². The van der Waals surface area contributed by atoms with Gasteiger partial charge in [0.2, 0.25) is 0 Å². The summed E-state index contributed by atoms with van der Waals surface area (Å²) in [5.41, 5.74) is 4.01. The van der Waals surface area contributed by atoms with Gasteiger partial charge in [0.25, 0.3) is 5.91 Å². The lowest BCUT2D eigenvalue weighted by atomic mass is 9.84. The highest BCUT2D eigenvalue weighted by atomic mass is 16.5. The van der Waals surface area contributed by atoms with Crippen molar-refractivity contribution < 1.29 is 9.53 Å². The second-order valence-electron chi connectivity index (χ2n) is 7.12. The number of carbonyl (C=O) groups excluding carboxylic acids is 1. The molecule has 2 aromatic rings. The third kappa shape index (κ3) is 2.91. The zero-order chi connectivity index (χ0) is 16.5. The summed E-state index contributed by atoms with van der Waals surface area (Å²) in [6.07, 6.45) is 5.34. The summed E-state index contributed by atoms with van der Waals surface area (Å²) in [7, 11) is 0. The average molecular weight is 324 g/mol. The predicted octanol–water partition coefficient (Wildman–Crippen LogP) is 3.27. The minimum atomic E-state index is 0.0226. The van der Waals surface area contributed by atoms with Gasteiger partial charge in [-0.2, -0.15) is 0 Å². The van der Waals surface area contributed by atoms with Gasteiger partial charge in [-0.05, 0) is 49.7 Å². The second kappa shape index (κ2) is 6.52. The third-order valence-electron chi connectivity index (χ3n) is 5.25. The molecule has 1 aliphatic carbocycles. The number of hydrogen-bond acceptors (Lipinski definition) is 3. The van der Waals surface area contributed by atoms with E-state index in [1.165, 1.54) is 0 Å². The molecule has 2 atom stereocenters. The van der Waals surface area contributed by atoms with E-state index in [1.807, 2.05) is 24.3 Å². The van der Waals surface area contributed by atoms with Crippen LogP contribution in [-0.4, -0.2) is 30.1 Å². The van der Waals surface area contributed by atoms with Gasteiger partial charge in [0, 0.05) is 24.2 Å². The molecule has 0 radical (unpaired) electrons. The van der Waals surface area contributed by atoms with E-state index in [9.17, 15) is 4.79 Å². The molecule has 1 aromatic heterocycles. The maximum atomic E-state index is 13.0. The number of aromatic nitrogens is 1. The highest BCUT2D eigenvalue weighted by Crippen LogP contribution is 2.31. The van der Waals surface area contributed by atoms with Crippen molar-refractivity contribution in [2.24, 2.45) is 5.92 Å². The van der Waals surface area contributed by atoms with Gasteiger partial charge in [-0.3, -0.25) is 9.78 Å². The fraction of sp³-hybridized carbons (Fsp3) is 0.500. The van der Waals surface area contributed by atoms with Gasteiger partial charge < -0.3 is 10.1 Å². The summed E-state index contributed by atoms with van der Waals surface area (Å²) in [5, 5.41) is 4.07. The molecule has 24 heavy (non-hydrogen) atoms. The van der Waals surface area contributed by atoms with Gasteiger partial charge in [-0.25, -0.2) is 0 Å². The van der Waals surface area contributed by atoms with Gasteiger partial charge in [0.15, 0.2) is 0 Å². The zero-order valence-electron chi connectivity index (χ0n) is 14.2. The van der Waals surface area contributed by atoms with E-state index >= 15 is 0 Å². The first-order valence-corrected chi connectivity index (χ1v) is 9.02. The smallest absolute Gasteiger partial charge is 0.252 e.